The highest BCUT2D eigenvalue weighted by atomic mass is 19.1. The van der Waals surface area contributed by atoms with Gasteiger partial charge in [0.1, 0.15) is 19.0 Å². The molecule has 24 heavy (non-hydrogen) atoms. The maximum atomic E-state index is 13.7. The second kappa shape index (κ2) is 7.25. The minimum absolute atomic E-state index is 0.105. The van der Waals surface area contributed by atoms with Crippen LogP contribution >= 0.6 is 0 Å². The highest BCUT2D eigenvalue weighted by Crippen LogP contribution is 2.48. The first-order valence-corrected chi connectivity index (χ1v) is 7.87. The summed E-state index contributed by atoms with van der Waals surface area (Å²) < 4.78 is 18.8. The molecular formula is C19H18FNO3. The maximum Gasteiger partial charge on any atom is 0.325 e. The number of amides is 1. The molecule has 0 heterocycles. The van der Waals surface area contributed by atoms with E-state index in [0.29, 0.717) is 12.0 Å². The summed E-state index contributed by atoms with van der Waals surface area (Å²) in [4.78, 5) is 23.7. The lowest BCUT2D eigenvalue weighted by atomic mass is 10.1. The van der Waals surface area contributed by atoms with E-state index in [4.69, 9.17) is 4.74 Å². The zero-order valence-electron chi connectivity index (χ0n) is 13.1. The van der Waals surface area contributed by atoms with Crippen LogP contribution in [0.5, 0.6) is 0 Å². The Bertz CT molecular complexity index is 732. The van der Waals surface area contributed by atoms with Crippen LogP contribution in [0.15, 0.2) is 54.6 Å². The SMILES string of the molecule is O=C(CNC(=O)C1CC1c1ccccc1F)OCc1ccccc1. The van der Waals surface area contributed by atoms with Crippen LogP contribution in [0.2, 0.25) is 0 Å². The number of hydrogen-bond acceptors (Lipinski definition) is 3. The van der Waals surface area contributed by atoms with Crippen LogP contribution in [0.3, 0.4) is 0 Å². The van der Waals surface area contributed by atoms with Gasteiger partial charge in [0, 0.05) is 5.92 Å². The molecule has 1 N–H and O–H groups in total. The Morgan fingerprint density at radius 3 is 2.54 bits per heavy atom. The quantitative estimate of drug-likeness (QED) is 0.830. The first kappa shape index (κ1) is 16.2. The van der Waals surface area contributed by atoms with Crippen LogP contribution in [0.4, 0.5) is 4.39 Å². The van der Waals surface area contributed by atoms with E-state index in [0.717, 1.165) is 5.56 Å². The van der Waals surface area contributed by atoms with Crippen LogP contribution in [-0.2, 0) is 20.9 Å². The summed E-state index contributed by atoms with van der Waals surface area (Å²) in [7, 11) is 0. The van der Waals surface area contributed by atoms with Crippen molar-refractivity contribution in [3.63, 3.8) is 0 Å². The lowest BCUT2D eigenvalue weighted by molar-refractivity contribution is -0.145. The third kappa shape index (κ3) is 3.98. The van der Waals surface area contributed by atoms with Gasteiger partial charge in [0.2, 0.25) is 5.91 Å². The van der Waals surface area contributed by atoms with E-state index in [1.54, 1.807) is 18.2 Å². The van der Waals surface area contributed by atoms with Gasteiger partial charge in [-0.1, -0.05) is 48.5 Å². The molecule has 0 aromatic heterocycles. The van der Waals surface area contributed by atoms with Crippen molar-refractivity contribution in [3.05, 3.63) is 71.5 Å². The Balaban J connectivity index is 1.42. The molecule has 0 bridgehead atoms. The largest absolute Gasteiger partial charge is 0.460 e. The van der Waals surface area contributed by atoms with Gasteiger partial charge in [-0.25, -0.2) is 4.39 Å². The van der Waals surface area contributed by atoms with Gasteiger partial charge in [-0.05, 0) is 29.5 Å². The fraction of sp³-hybridized carbons (Fsp3) is 0.263. The summed E-state index contributed by atoms with van der Waals surface area (Å²) in [5, 5.41) is 2.56. The van der Waals surface area contributed by atoms with Crippen molar-refractivity contribution in [1.29, 1.82) is 0 Å². The molecule has 0 spiro atoms. The molecule has 124 valence electrons. The van der Waals surface area contributed by atoms with E-state index >= 15 is 0 Å². The second-order valence-electron chi connectivity index (χ2n) is 5.83. The Morgan fingerprint density at radius 2 is 1.79 bits per heavy atom. The van der Waals surface area contributed by atoms with Gasteiger partial charge < -0.3 is 10.1 Å². The number of ether oxygens (including phenoxy) is 1. The molecule has 0 aliphatic heterocycles. The zero-order valence-corrected chi connectivity index (χ0v) is 13.1. The van der Waals surface area contributed by atoms with Crippen molar-refractivity contribution < 1.29 is 18.7 Å². The van der Waals surface area contributed by atoms with Crippen LogP contribution < -0.4 is 5.32 Å². The lowest BCUT2D eigenvalue weighted by Crippen LogP contribution is -2.32. The summed E-state index contributed by atoms with van der Waals surface area (Å²) >= 11 is 0. The molecule has 4 nitrogen and oxygen atoms in total. The molecule has 1 amide bonds. The maximum absolute atomic E-state index is 13.7. The van der Waals surface area contributed by atoms with Gasteiger partial charge in [0.15, 0.2) is 0 Å². The molecule has 1 aliphatic rings. The first-order valence-electron chi connectivity index (χ1n) is 7.87. The van der Waals surface area contributed by atoms with Crippen molar-refractivity contribution in [2.45, 2.75) is 18.9 Å². The average Bonchev–Trinajstić information content (AvgIpc) is 3.40. The zero-order chi connectivity index (χ0) is 16.9. The smallest absolute Gasteiger partial charge is 0.325 e. The van der Waals surface area contributed by atoms with Crippen LogP contribution in [-0.4, -0.2) is 18.4 Å². The van der Waals surface area contributed by atoms with Gasteiger partial charge in [0.25, 0.3) is 0 Å². The molecule has 0 radical (unpaired) electrons. The molecular weight excluding hydrogens is 309 g/mol. The summed E-state index contributed by atoms with van der Waals surface area (Å²) in [6.45, 7) is 0.00296. The number of hydrogen-bond donors (Lipinski definition) is 1. The normalized spacial score (nSPS) is 18.7. The number of esters is 1. The summed E-state index contributed by atoms with van der Waals surface area (Å²) in [6.07, 6.45) is 0.603. The molecule has 2 unspecified atom stereocenters. The Morgan fingerprint density at radius 1 is 1.08 bits per heavy atom. The van der Waals surface area contributed by atoms with Gasteiger partial charge in [-0.15, -0.1) is 0 Å². The summed E-state index contributed by atoms with van der Waals surface area (Å²) in [5.41, 5.74) is 1.45. The molecule has 1 saturated carbocycles. The standard InChI is InChI=1S/C19H18FNO3/c20-17-9-5-4-8-14(17)15-10-16(15)19(23)21-11-18(22)24-12-13-6-2-1-3-7-13/h1-9,15-16H,10-12H2,(H,21,23). The molecule has 2 aromatic rings. The van der Waals surface area contributed by atoms with Crippen molar-refractivity contribution >= 4 is 11.9 Å². The van der Waals surface area contributed by atoms with E-state index in [2.05, 4.69) is 5.32 Å². The molecule has 1 aliphatic carbocycles. The second-order valence-corrected chi connectivity index (χ2v) is 5.83. The van der Waals surface area contributed by atoms with Gasteiger partial charge in [-0.3, -0.25) is 9.59 Å². The number of halogens is 1. The predicted molar refractivity (Wildman–Crippen MR) is 86.5 cm³/mol. The molecule has 2 aromatic carbocycles. The van der Waals surface area contributed by atoms with Crippen molar-refractivity contribution in [1.82, 2.24) is 5.32 Å². The topological polar surface area (TPSA) is 55.4 Å². The fourth-order valence-electron chi connectivity index (χ4n) is 2.68. The van der Waals surface area contributed by atoms with E-state index < -0.39 is 5.97 Å². The molecule has 0 saturated heterocycles. The van der Waals surface area contributed by atoms with Gasteiger partial charge in [0.05, 0.1) is 0 Å². The Hall–Kier alpha value is -2.69. The highest BCUT2D eigenvalue weighted by molar-refractivity contribution is 5.86. The van der Waals surface area contributed by atoms with Gasteiger partial charge in [-0.2, -0.15) is 0 Å². The number of benzene rings is 2. The van der Waals surface area contributed by atoms with Crippen molar-refractivity contribution in [2.75, 3.05) is 6.54 Å². The molecule has 3 rings (SSSR count). The number of carbonyl (C=O) groups excluding carboxylic acids is 2. The van der Waals surface area contributed by atoms with E-state index in [9.17, 15) is 14.0 Å². The van der Waals surface area contributed by atoms with E-state index in [1.165, 1.54) is 6.07 Å². The highest BCUT2D eigenvalue weighted by Gasteiger charge is 2.45. The summed E-state index contributed by atoms with van der Waals surface area (Å²) in [5.74, 6) is -1.40. The van der Waals surface area contributed by atoms with Gasteiger partial charge >= 0.3 is 5.97 Å². The predicted octanol–water partition coefficient (Wildman–Crippen LogP) is 2.79. The molecule has 1 fully saturated rings. The number of rotatable bonds is 6. The van der Waals surface area contributed by atoms with Crippen molar-refractivity contribution in [3.8, 4) is 0 Å². The molecule has 2 atom stereocenters. The van der Waals surface area contributed by atoms with Crippen molar-refractivity contribution in [2.24, 2.45) is 5.92 Å². The third-order valence-electron chi connectivity index (χ3n) is 4.08. The first-order chi connectivity index (χ1) is 11.6. The number of carbonyl (C=O) groups is 2. The third-order valence-corrected chi connectivity index (χ3v) is 4.08. The average molecular weight is 327 g/mol. The fourth-order valence-corrected chi connectivity index (χ4v) is 2.68. The minimum atomic E-state index is -0.490. The monoisotopic (exact) mass is 327 g/mol. The Kier molecular flexibility index (Phi) is 4.89. The Labute approximate surface area is 139 Å². The lowest BCUT2D eigenvalue weighted by Gasteiger charge is -2.07. The van der Waals surface area contributed by atoms with Crippen LogP contribution in [0.1, 0.15) is 23.5 Å². The number of nitrogens with one attached hydrogen (secondary N) is 1. The van der Waals surface area contributed by atoms with E-state index in [1.807, 2.05) is 30.3 Å². The minimum Gasteiger partial charge on any atom is -0.460 e. The van der Waals surface area contributed by atoms with E-state index in [-0.39, 0.29) is 36.7 Å². The summed E-state index contributed by atoms with van der Waals surface area (Å²) in [6, 6.07) is 15.8. The van der Waals surface area contributed by atoms with Crippen LogP contribution in [0.25, 0.3) is 0 Å². The molecule has 5 heteroatoms. The van der Waals surface area contributed by atoms with Crippen LogP contribution in [0, 0.1) is 11.7 Å².